The molecule has 0 aliphatic rings. The third-order valence-corrected chi connectivity index (χ3v) is 2.65. The van der Waals surface area contributed by atoms with E-state index >= 15 is 0 Å². The quantitative estimate of drug-likeness (QED) is 0.595. The van der Waals surface area contributed by atoms with Gasteiger partial charge < -0.3 is 19.9 Å². The molecule has 0 aromatic carbocycles. The summed E-state index contributed by atoms with van der Waals surface area (Å²) in [5.41, 5.74) is 0. The summed E-state index contributed by atoms with van der Waals surface area (Å²) in [7, 11) is 0. The van der Waals surface area contributed by atoms with Gasteiger partial charge in [0.25, 0.3) is 0 Å². The van der Waals surface area contributed by atoms with E-state index in [1.807, 2.05) is 13.8 Å². The van der Waals surface area contributed by atoms with Gasteiger partial charge in [-0.25, -0.2) is 0 Å². The molecule has 0 bridgehead atoms. The van der Waals surface area contributed by atoms with Crippen LogP contribution in [0.5, 0.6) is 0 Å². The van der Waals surface area contributed by atoms with Crippen LogP contribution in [0.4, 0.5) is 0 Å². The summed E-state index contributed by atoms with van der Waals surface area (Å²) in [5, 5.41) is 13.0. The molecule has 0 aliphatic heterocycles. The highest BCUT2D eigenvalue weighted by atomic mass is 16.5. The molecule has 0 amide bonds. The number of ether oxygens (including phenoxy) is 2. The van der Waals surface area contributed by atoms with E-state index in [-0.39, 0.29) is 12.1 Å². The fraction of sp³-hybridized carbons (Fsp3) is 1.00. The molecule has 3 atom stereocenters. The molecule has 0 aliphatic carbocycles. The lowest BCUT2D eigenvalue weighted by Crippen LogP contribution is -2.38. The second-order valence-corrected chi connectivity index (χ2v) is 5.40. The van der Waals surface area contributed by atoms with Crippen molar-refractivity contribution in [1.29, 1.82) is 0 Å². The minimum absolute atomic E-state index is 0.209. The van der Waals surface area contributed by atoms with E-state index in [0.29, 0.717) is 25.7 Å². The van der Waals surface area contributed by atoms with E-state index in [9.17, 15) is 5.11 Å². The van der Waals surface area contributed by atoms with E-state index in [1.165, 1.54) is 0 Å². The van der Waals surface area contributed by atoms with Crippen LogP contribution in [0.1, 0.15) is 41.0 Å². The SMILES string of the molecule is CCOCC(C)NCC(O)COC(C)CC(C)C. The van der Waals surface area contributed by atoms with Crippen LogP contribution in [-0.4, -0.2) is 49.7 Å². The zero-order valence-corrected chi connectivity index (χ0v) is 12.6. The summed E-state index contributed by atoms with van der Waals surface area (Å²) >= 11 is 0. The maximum atomic E-state index is 9.78. The van der Waals surface area contributed by atoms with Gasteiger partial charge in [-0.1, -0.05) is 13.8 Å². The summed E-state index contributed by atoms with van der Waals surface area (Å²) < 4.78 is 10.9. The normalized spacial score (nSPS) is 16.8. The van der Waals surface area contributed by atoms with E-state index in [4.69, 9.17) is 9.47 Å². The third kappa shape index (κ3) is 11.0. The Kier molecular flexibility index (Phi) is 10.6. The van der Waals surface area contributed by atoms with E-state index < -0.39 is 6.10 Å². The largest absolute Gasteiger partial charge is 0.389 e. The Labute approximate surface area is 112 Å². The lowest BCUT2D eigenvalue weighted by Gasteiger charge is -2.20. The molecule has 110 valence electrons. The molecule has 0 heterocycles. The van der Waals surface area contributed by atoms with Gasteiger partial charge in [0.2, 0.25) is 0 Å². The second-order valence-electron chi connectivity index (χ2n) is 5.40. The number of aliphatic hydroxyl groups is 1. The fourth-order valence-corrected chi connectivity index (χ4v) is 1.76. The molecule has 3 unspecified atom stereocenters. The van der Waals surface area contributed by atoms with Gasteiger partial charge in [0.05, 0.1) is 25.4 Å². The Morgan fingerprint density at radius 2 is 1.78 bits per heavy atom. The molecule has 0 radical (unpaired) electrons. The molecule has 0 rings (SSSR count). The van der Waals surface area contributed by atoms with Crippen molar-refractivity contribution in [3.63, 3.8) is 0 Å². The highest BCUT2D eigenvalue weighted by Gasteiger charge is 2.10. The average molecular weight is 261 g/mol. The molecule has 4 heteroatoms. The summed E-state index contributed by atoms with van der Waals surface area (Å²) in [4.78, 5) is 0. The molecule has 4 nitrogen and oxygen atoms in total. The lowest BCUT2D eigenvalue weighted by atomic mass is 10.1. The van der Waals surface area contributed by atoms with E-state index in [1.54, 1.807) is 0 Å². The van der Waals surface area contributed by atoms with Crippen molar-refractivity contribution in [3.8, 4) is 0 Å². The van der Waals surface area contributed by atoms with Crippen LogP contribution in [0.15, 0.2) is 0 Å². The molecular weight excluding hydrogens is 230 g/mol. The van der Waals surface area contributed by atoms with Crippen LogP contribution >= 0.6 is 0 Å². The van der Waals surface area contributed by atoms with Gasteiger partial charge in [0, 0.05) is 19.2 Å². The highest BCUT2D eigenvalue weighted by Crippen LogP contribution is 2.07. The molecular formula is C14H31NO3. The molecule has 2 N–H and O–H groups in total. The Morgan fingerprint density at radius 1 is 1.11 bits per heavy atom. The van der Waals surface area contributed by atoms with Gasteiger partial charge in [-0.05, 0) is 33.1 Å². The van der Waals surface area contributed by atoms with Crippen LogP contribution in [0, 0.1) is 5.92 Å². The molecule has 0 aromatic heterocycles. The number of nitrogens with one attached hydrogen (secondary N) is 1. The Hall–Kier alpha value is -0.160. The van der Waals surface area contributed by atoms with Gasteiger partial charge >= 0.3 is 0 Å². The van der Waals surface area contributed by atoms with E-state index in [2.05, 4.69) is 26.1 Å². The molecule has 0 aromatic rings. The summed E-state index contributed by atoms with van der Waals surface area (Å²) in [6.07, 6.45) is 0.783. The van der Waals surface area contributed by atoms with Crippen LogP contribution in [0.2, 0.25) is 0 Å². The van der Waals surface area contributed by atoms with Gasteiger partial charge in [-0.15, -0.1) is 0 Å². The van der Waals surface area contributed by atoms with Crippen molar-refractivity contribution < 1.29 is 14.6 Å². The Morgan fingerprint density at radius 3 is 2.33 bits per heavy atom. The number of aliphatic hydroxyl groups excluding tert-OH is 1. The number of rotatable bonds is 11. The topological polar surface area (TPSA) is 50.7 Å². The van der Waals surface area contributed by atoms with Crippen molar-refractivity contribution in [2.45, 2.75) is 59.3 Å². The minimum Gasteiger partial charge on any atom is -0.389 e. The summed E-state index contributed by atoms with van der Waals surface area (Å²) in [6, 6.07) is 0.257. The maximum Gasteiger partial charge on any atom is 0.0897 e. The number of hydrogen-bond acceptors (Lipinski definition) is 4. The molecule has 0 fully saturated rings. The molecule has 0 spiro atoms. The second kappa shape index (κ2) is 10.7. The predicted octanol–water partition coefficient (Wildman–Crippen LogP) is 1.81. The van der Waals surface area contributed by atoms with Crippen LogP contribution in [-0.2, 0) is 9.47 Å². The molecule has 0 saturated carbocycles. The monoisotopic (exact) mass is 261 g/mol. The van der Waals surface area contributed by atoms with Crippen LogP contribution in [0.3, 0.4) is 0 Å². The molecule has 18 heavy (non-hydrogen) atoms. The number of hydrogen-bond donors (Lipinski definition) is 2. The van der Waals surface area contributed by atoms with Crippen LogP contribution in [0.25, 0.3) is 0 Å². The standard InChI is InChI=1S/C14H31NO3/c1-6-17-9-12(4)15-8-14(16)10-18-13(5)7-11(2)3/h11-16H,6-10H2,1-5H3. The van der Waals surface area contributed by atoms with Gasteiger partial charge in [0.15, 0.2) is 0 Å². The van der Waals surface area contributed by atoms with Crippen molar-refractivity contribution in [2.24, 2.45) is 5.92 Å². The first-order valence-corrected chi connectivity index (χ1v) is 7.06. The third-order valence-electron chi connectivity index (χ3n) is 2.65. The smallest absolute Gasteiger partial charge is 0.0897 e. The van der Waals surface area contributed by atoms with E-state index in [0.717, 1.165) is 13.0 Å². The first-order valence-electron chi connectivity index (χ1n) is 7.06. The zero-order chi connectivity index (χ0) is 14.0. The van der Waals surface area contributed by atoms with Crippen molar-refractivity contribution in [3.05, 3.63) is 0 Å². The summed E-state index contributed by atoms with van der Waals surface area (Å²) in [6.45, 7) is 12.8. The first kappa shape index (κ1) is 17.8. The fourth-order valence-electron chi connectivity index (χ4n) is 1.76. The first-order chi connectivity index (χ1) is 8.45. The zero-order valence-electron chi connectivity index (χ0n) is 12.6. The average Bonchev–Trinajstić information content (AvgIpc) is 2.30. The predicted molar refractivity (Wildman–Crippen MR) is 74.8 cm³/mol. The minimum atomic E-state index is -0.455. The van der Waals surface area contributed by atoms with Crippen molar-refractivity contribution in [1.82, 2.24) is 5.32 Å². The van der Waals surface area contributed by atoms with Crippen molar-refractivity contribution >= 4 is 0 Å². The van der Waals surface area contributed by atoms with Crippen molar-refractivity contribution in [2.75, 3.05) is 26.4 Å². The Bertz CT molecular complexity index is 188. The maximum absolute atomic E-state index is 9.78. The Balaban J connectivity index is 3.55. The highest BCUT2D eigenvalue weighted by molar-refractivity contribution is 4.65. The van der Waals surface area contributed by atoms with Crippen LogP contribution < -0.4 is 5.32 Å². The molecule has 0 saturated heterocycles. The van der Waals surface area contributed by atoms with Gasteiger partial charge in [-0.2, -0.15) is 0 Å². The van der Waals surface area contributed by atoms with Gasteiger partial charge in [0.1, 0.15) is 0 Å². The van der Waals surface area contributed by atoms with Gasteiger partial charge in [-0.3, -0.25) is 0 Å². The lowest BCUT2D eigenvalue weighted by molar-refractivity contribution is -0.0101. The summed E-state index contributed by atoms with van der Waals surface area (Å²) in [5.74, 6) is 0.626.